The summed E-state index contributed by atoms with van der Waals surface area (Å²) in [5.41, 5.74) is 0. The van der Waals surface area contributed by atoms with Crippen molar-refractivity contribution < 1.29 is 28.6 Å². The summed E-state index contributed by atoms with van der Waals surface area (Å²) in [5.74, 6) is -1.03. The van der Waals surface area contributed by atoms with Crippen molar-refractivity contribution in [2.24, 2.45) is 0 Å². The Labute approximate surface area is 454 Å². The van der Waals surface area contributed by atoms with Crippen molar-refractivity contribution in [3.8, 4) is 0 Å². The van der Waals surface area contributed by atoms with Crippen LogP contribution in [0.1, 0.15) is 233 Å². The molecule has 0 aliphatic heterocycles. The highest BCUT2D eigenvalue weighted by Gasteiger charge is 2.19. The molecule has 0 aromatic carbocycles. The minimum absolute atomic E-state index is 0.119. The molecule has 1 atom stereocenters. The number of carbonyl (C=O) groups excluding carboxylic acids is 3. The number of hydrogen-bond donors (Lipinski definition) is 0. The largest absolute Gasteiger partial charge is 0.462 e. The summed E-state index contributed by atoms with van der Waals surface area (Å²) in [4.78, 5) is 38.2. The van der Waals surface area contributed by atoms with E-state index >= 15 is 0 Å². The first-order valence-electron chi connectivity index (χ1n) is 29.5. The molecular formula is C68H106O6. The molecule has 0 N–H and O–H groups in total. The number of carbonyl (C=O) groups is 3. The van der Waals surface area contributed by atoms with Crippen LogP contribution in [0.3, 0.4) is 0 Å². The molecule has 0 fully saturated rings. The lowest BCUT2D eigenvalue weighted by Crippen LogP contribution is -2.30. The smallest absolute Gasteiger partial charge is 0.306 e. The zero-order valence-electron chi connectivity index (χ0n) is 47.3. The zero-order valence-corrected chi connectivity index (χ0v) is 47.3. The van der Waals surface area contributed by atoms with Crippen LogP contribution >= 0.6 is 0 Å². The molecule has 0 spiro atoms. The van der Waals surface area contributed by atoms with Gasteiger partial charge in [0.25, 0.3) is 0 Å². The van der Waals surface area contributed by atoms with Gasteiger partial charge >= 0.3 is 17.9 Å². The second-order valence-corrected chi connectivity index (χ2v) is 18.8. The molecule has 6 heteroatoms. The molecule has 0 saturated heterocycles. The first kappa shape index (κ1) is 69.0. The molecule has 0 aliphatic carbocycles. The maximum Gasteiger partial charge on any atom is 0.306 e. The van der Waals surface area contributed by atoms with Crippen molar-refractivity contribution >= 4 is 17.9 Å². The Morgan fingerprint density at radius 3 is 0.878 bits per heavy atom. The van der Waals surface area contributed by atoms with Gasteiger partial charge < -0.3 is 14.2 Å². The highest BCUT2D eigenvalue weighted by molar-refractivity contribution is 5.71. The van der Waals surface area contributed by atoms with E-state index in [0.717, 1.165) is 122 Å². The lowest BCUT2D eigenvalue weighted by atomic mass is 10.0. The summed E-state index contributed by atoms with van der Waals surface area (Å²) in [6, 6.07) is 0. The second-order valence-electron chi connectivity index (χ2n) is 18.8. The molecule has 0 saturated carbocycles. The van der Waals surface area contributed by atoms with E-state index in [1.807, 2.05) is 0 Å². The maximum absolute atomic E-state index is 12.9. The molecule has 1 unspecified atom stereocenters. The van der Waals surface area contributed by atoms with Gasteiger partial charge in [-0.2, -0.15) is 0 Å². The fourth-order valence-electron chi connectivity index (χ4n) is 7.43. The summed E-state index contributed by atoms with van der Waals surface area (Å²) < 4.78 is 16.8. The summed E-state index contributed by atoms with van der Waals surface area (Å²) in [5, 5.41) is 0. The predicted molar refractivity (Wildman–Crippen MR) is 320 cm³/mol. The van der Waals surface area contributed by atoms with Gasteiger partial charge in [-0.3, -0.25) is 14.4 Å². The number of esters is 3. The molecule has 0 bridgehead atoms. The normalized spacial score (nSPS) is 13.3. The van der Waals surface area contributed by atoms with E-state index in [-0.39, 0.29) is 44.0 Å². The number of allylic oxidation sites excluding steroid dienone is 26. The predicted octanol–water partition coefficient (Wildman–Crippen LogP) is 20.1. The van der Waals surface area contributed by atoms with Crippen LogP contribution < -0.4 is 0 Å². The van der Waals surface area contributed by atoms with Crippen molar-refractivity contribution in [1.29, 1.82) is 0 Å². The molecule has 0 aromatic rings. The third-order valence-electron chi connectivity index (χ3n) is 11.8. The molecule has 0 amide bonds. The fourth-order valence-corrected chi connectivity index (χ4v) is 7.43. The standard InChI is InChI=1S/C68H106O6/c1-4-7-10-13-16-19-22-25-27-29-31-33-34-36-37-39-41-43-46-49-52-55-58-61-67(70)73-64-65(63-72-66(69)60-57-54-51-48-45-24-21-18-15-12-9-6-3)74-68(71)62-59-56-53-50-47-44-42-40-38-35-32-30-28-26-23-20-17-14-11-8-5-2/h7-8,10-11,16-17,19-20,25-28,31-33,35-37,40-43,47,49-50,52,65H,4-6,9,12-15,18,21-24,29-30,34,38-39,44-46,48,51,53-64H2,1-3H3/b10-7-,11-8-,19-16-,20-17-,27-25-,28-26-,33-31-,35-32-,37-36-,42-40-,43-41-,50-47-,52-49-. The summed E-state index contributed by atoms with van der Waals surface area (Å²) >= 11 is 0. The van der Waals surface area contributed by atoms with E-state index in [4.69, 9.17) is 14.2 Å². The van der Waals surface area contributed by atoms with Crippen LogP contribution in [0, 0.1) is 0 Å². The first-order chi connectivity index (χ1) is 36.5. The van der Waals surface area contributed by atoms with Crippen molar-refractivity contribution in [3.63, 3.8) is 0 Å². The Balaban J connectivity index is 4.56. The average Bonchev–Trinajstić information content (AvgIpc) is 3.40. The summed E-state index contributed by atoms with van der Waals surface area (Å²) in [6.45, 7) is 6.31. The molecule has 0 heterocycles. The number of hydrogen-bond acceptors (Lipinski definition) is 6. The third-order valence-corrected chi connectivity index (χ3v) is 11.8. The van der Waals surface area contributed by atoms with Gasteiger partial charge in [0.05, 0.1) is 0 Å². The van der Waals surface area contributed by atoms with Gasteiger partial charge in [-0.05, 0) is 122 Å². The molecule has 0 radical (unpaired) electrons. The summed E-state index contributed by atoms with van der Waals surface area (Å²) in [7, 11) is 0. The van der Waals surface area contributed by atoms with Gasteiger partial charge in [0.15, 0.2) is 6.10 Å². The van der Waals surface area contributed by atoms with Crippen LogP contribution in [-0.2, 0) is 28.6 Å². The number of ether oxygens (including phenoxy) is 3. The highest BCUT2D eigenvalue weighted by Crippen LogP contribution is 2.14. The first-order valence-corrected chi connectivity index (χ1v) is 29.5. The molecule has 414 valence electrons. The van der Waals surface area contributed by atoms with Crippen molar-refractivity contribution in [1.82, 2.24) is 0 Å². The van der Waals surface area contributed by atoms with E-state index in [9.17, 15) is 14.4 Å². The molecule has 74 heavy (non-hydrogen) atoms. The van der Waals surface area contributed by atoms with E-state index < -0.39 is 6.10 Å². The van der Waals surface area contributed by atoms with Gasteiger partial charge in [-0.25, -0.2) is 0 Å². The van der Waals surface area contributed by atoms with Crippen LogP contribution in [-0.4, -0.2) is 37.2 Å². The lowest BCUT2D eigenvalue weighted by Gasteiger charge is -2.18. The molecule has 6 nitrogen and oxygen atoms in total. The molecule has 0 aliphatic rings. The minimum atomic E-state index is -0.831. The average molecular weight is 1020 g/mol. The van der Waals surface area contributed by atoms with E-state index in [2.05, 4.69) is 179 Å². The lowest BCUT2D eigenvalue weighted by molar-refractivity contribution is -0.167. The summed E-state index contributed by atoms with van der Waals surface area (Å²) in [6.07, 6.45) is 88.1. The number of rotatable bonds is 51. The van der Waals surface area contributed by atoms with Gasteiger partial charge in [-0.1, -0.05) is 249 Å². The van der Waals surface area contributed by atoms with E-state index in [1.165, 1.54) is 57.8 Å². The van der Waals surface area contributed by atoms with Crippen molar-refractivity contribution in [2.75, 3.05) is 13.2 Å². The topological polar surface area (TPSA) is 78.9 Å². The second kappa shape index (κ2) is 60.6. The minimum Gasteiger partial charge on any atom is -0.462 e. The Morgan fingerprint density at radius 1 is 0.284 bits per heavy atom. The molecule has 0 rings (SSSR count). The fraction of sp³-hybridized carbons (Fsp3) is 0.574. The quantitative estimate of drug-likeness (QED) is 0.0261. The Kier molecular flexibility index (Phi) is 56.5. The zero-order chi connectivity index (χ0) is 53.6. The van der Waals surface area contributed by atoms with Crippen molar-refractivity contribution in [2.45, 2.75) is 239 Å². The maximum atomic E-state index is 12.9. The van der Waals surface area contributed by atoms with E-state index in [1.54, 1.807) is 0 Å². The molecule has 0 aromatic heterocycles. The van der Waals surface area contributed by atoms with Crippen LogP contribution in [0.25, 0.3) is 0 Å². The Morgan fingerprint density at radius 2 is 0.541 bits per heavy atom. The Hall–Kier alpha value is -4.97. The van der Waals surface area contributed by atoms with E-state index in [0.29, 0.717) is 19.3 Å². The van der Waals surface area contributed by atoms with Gasteiger partial charge in [0, 0.05) is 19.3 Å². The van der Waals surface area contributed by atoms with Crippen LogP contribution in [0.4, 0.5) is 0 Å². The highest BCUT2D eigenvalue weighted by atomic mass is 16.6. The Bertz CT molecular complexity index is 1690. The molecular weight excluding hydrogens is 913 g/mol. The number of unbranched alkanes of at least 4 members (excludes halogenated alkanes) is 14. The SMILES string of the molecule is CC/C=C\C/C=C\C/C=C\C/C=C\C/C=C\C/C=C\C/C=C\CCCC(=O)OCC(COC(=O)CCCCCCCCCCCCCC)OC(=O)CCCC/C=C\C/C=C\C/C=C\C/C=C\C/C=C\C/C=C\CC. The van der Waals surface area contributed by atoms with Gasteiger partial charge in [-0.15, -0.1) is 0 Å². The van der Waals surface area contributed by atoms with Gasteiger partial charge in [0.1, 0.15) is 13.2 Å². The van der Waals surface area contributed by atoms with Crippen LogP contribution in [0.15, 0.2) is 158 Å². The van der Waals surface area contributed by atoms with Crippen molar-refractivity contribution in [3.05, 3.63) is 158 Å². The third kappa shape index (κ3) is 57.9. The van der Waals surface area contributed by atoms with Gasteiger partial charge in [0.2, 0.25) is 0 Å². The van der Waals surface area contributed by atoms with Crippen LogP contribution in [0.5, 0.6) is 0 Å². The monoisotopic (exact) mass is 1020 g/mol. The van der Waals surface area contributed by atoms with Crippen LogP contribution in [0.2, 0.25) is 0 Å².